The number of fused-ring (bicyclic) bond motifs is 1. The fourth-order valence-corrected chi connectivity index (χ4v) is 2.71. The lowest BCUT2D eigenvalue weighted by Crippen LogP contribution is -2.15. The first-order valence-electron chi connectivity index (χ1n) is 7.02. The Morgan fingerprint density at radius 2 is 2.00 bits per heavy atom. The molecule has 0 fully saturated rings. The Labute approximate surface area is 144 Å². The molecule has 24 heavy (non-hydrogen) atoms. The van der Waals surface area contributed by atoms with Gasteiger partial charge in [0, 0.05) is 15.7 Å². The van der Waals surface area contributed by atoms with Crippen LogP contribution in [0.1, 0.15) is 26.3 Å². The van der Waals surface area contributed by atoms with Crippen LogP contribution in [0.5, 0.6) is 0 Å². The number of hydrogen-bond acceptors (Lipinski definition) is 4. The van der Waals surface area contributed by atoms with Crippen LogP contribution in [0.2, 0.25) is 0 Å². The Kier molecular flexibility index (Phi) is 4.44. The average Bonchev–Trinajstić information content (AvgIpc) is 2.93. The summed E-state index contributed by atoms with van der Waals surface area (Å²) in [6.07, 6.45) is 0.208. The first-order chi connectivity index (χ1) is 11.4. The normalized spacial score (nSPS) is 12.5. The Balaban J connectivity index is 1.68. The van der Waals surface area contributed by atoms with Crippen LogP contribution in [0, 0.1) is 5.82 Å². The van der Waals surface area contributed by atoms with Gasteiger partial charge in [0.05, 0.1) is 12.0 Å². The number of ether oxygens (including phenoxy) is 1. The van der Waals surface area contributed by atoms with Crippen molar-refractivity contribution < 1.29 is 23.5 Å². The predicted molar refractivity (Wildman–Crippen MR) is 87.5 cm³/mol. The van der Waals surface area contributed by atoms with Crippen molar-refractivity contribution in [2.45, 2.75) is 6.42 Å². The number of ketones is 1. The molecule has 0 bridgehead atoms. The molecule has 0 aromatic heterocycles. The van der Waals surface area contributed by atoms with Gasteiger partial charge in [-0.3, -0.25) is 9.59 Å². The standard InChI is InChI=1S/C17H11BrFNO4/c18-11-2-3-13(19)12(7-11)17(23)24-8-15(21)9-1-4-14-10(5-9)6-16(22)20-14/h1-5,7H,6,8H2,(H,20,22). The molecule has 1 aliphatic rings. The number of benzene rings is 2. The van der Waals surface area contributed by atoms with Crippen LogP contribution in [-0.4, -0.2) is 24.3 Å². The second-order valence-corrected chi connectivity index (χ2v) is 6.14. The van der Waals surface area contributed by atoms with E-state index in [1.54, 1.807) is 18.2 Å². The highest BCUT2D eigenvalue weighted by Gasteiger charge is 2.20. The van der Waals surface area contributed by atoms with Crippen molar-refractivity contribution in [3.8, 4) is 0 Å². The maximum absolute atomic E-state index is 13.6. The van der Waals surface area contributed by atoms with Crippen LogP contribution in [-0.2, 0) is 16.0 Å². The fourth-order valence-electron chi connectivity index (χ4n) is 2.35. The van der Waals surface area contributed by atoms with E-state index in [4.69, 9.17) is 4.74 Å². The van der Waals surface area contributed by atoms with Crippen molar-refractivity contribution in [3.05, 3.63) is 63.4 Å². The highest BCUT2D eigenvalue weighted by atomic mass is 79.9. The fraction of sp³-hybridized carbons (Fsp3) is 0.118. The van der Waals surface area contributed by atoms with Crippen molar-refractivity contribution in [1.29, 1.82) is 0 Å². The SMILES string of the molecule is O=C1Cc2cc(C(=O)COC(=O)c3cc(Br)ccc3F)ccc2N1. The summed E-state index contributed by atoms with van der Waals surface area (Å²) in [5, 5.41) is 2.67. The number of carbonyl (C=O) groups is 3. The molecule has 1 amide bonds. The van der Waals surface area contributed by atoms with Crippen molar-refractivity contribution in [2.24, 2.45) is 0 Å². The highest BCUT2D eigenvalue weighted by molar-refractivity contribution is 9.10. The molecule has 5 nitrogen and oxygen atoms in total. The molecule has 7 heteroatoms. The van der Waals surface area contributed by atoms with E-state index in [1.807, 2.05) is 0 Å². The van der Waals surface area contributed by atoms with Crippen LogP contribution in [0.25, 0.3) is 0 Å². The summed E-state index contributed by atoms with van der Waals surface area (Å²) in [5.74, 6) is -2.20. The maximum atomic E-state index is 13.6. The molecular formula is C17H11BrFNO4. The minimum Gasteiger partial charge on any atom is -0.454 e. The van der Waals surface area contributed by atoms with Crippen molar-refractivity contribution >= 4 is 39.3 Å². The number of anilines is 1. The summed E-state index contributed by atoms with van der Waals surface area (Å²) < 4.78 is 19.0. The maximum Gasteiger partial charge on any atom is 0.341 e. The van der Waals surface area contributed by atoms with E-state index in [1.165, 1.54) is 12.1 Å². The third-order valence-electron chi connectivity index (χ3n) is 3.53. The van der Waals surface area contributed by atoms with Gasteiger partial charge in [0.1, 0.15) is 5.82 Å². The molecular weight excluding hydrogens is 381 g/mol. The highest BCUT2D eigenvalue weighted by Crippen LogP contribution is 2.24. The van der Waals surface area contributed by atoms with Gasteiger partial charge in [0.15, 0.2) is 12.4 Å². The first kappa shape index (κ1) is 16.3. The van der Waals surface area contributed by atoms with E-state index in [2.05, 4.69) is 21.2 Å². The third kappa shape index (κ3) is 3.35. The predicted octanol–water partition coefficient (Wildman–Crippen LogP) is 3.12. The van der Waals surface area contributed by atoms with Crippen molar-refractivity contribution in [1.82, 2.24) is 0 Å². The summed E-state index contributed by atoms with van der Waals surface area (Å²) in [7, 11) is 0. The second kappa shape index (κ2) is 6.52. The van der Waals surface area contributed by atoms with Gasteiger partial charge in [0.2, 0.25) is 5.91 Å². The van der Waals surface area contributed by atoms with Crippen LogP contribution in [0.4, 0.5) is 10.1 Å². The van der Waals surface area contributed by atoms with Crippen LogP contribution >= 0.6 is 15.9 Å². The molecule has 1 aliphatic heterocycles. The quantitative estimate of drug-likeness (QED) is 0.641. The molecule has 0 aliphatic carbocycles. The lowest BCUT2D eigenvalue weighted by molar-refractivity contribution is -0.115. The second-order valence-electron chi connectivity index (χ2n) is 5.22. The number of carbonyl (C=O) groups excluding carboxylic acids is 3. The van der Waals surface area contributed by atoms with Crippen LogP contribution < -0.4 is 5.32 Å². The summed E-state index contributed by atoms with van der Waals surface area (Å²) in [5.41, 5.74) is 1.47. The number of Topliss-reactive ketones (excluding diaryl/α,β-unsaturated/α-hetero) is 1. The van der Waals surface area contributed by atoms with Crippen molar-refractivity contribution in [2.75, 3.05) is 11.9 Å². The van der Waals surface area contributed by atoms with E-state index >= 15 is 0 Å². The molecule has 0 unspecified atom stereocenters. The lowest BCUT2D eigenvalue weighted by atomic mass is 10.1. The van der Waals surface area contributed by atoms with Gasteiger partial charge in [0.25, 0.3) is 0 Å². The Bertz CT molecular complexity index is 866. The van der Waals surface area contributed by atoms with E-state index in [9.17, 15) is 18.8 Å². The lowest BCUT2D eigenvalue weighted by Gasteiger charge is -2.07. The molecule has 0 radical (unpaired) electrons. The average molecular weight is 392 g/mol. The molecule has 0 atom stereocenters. The number of esters is 1. The van der Waals surface area contributed by atoms with Gasteiger partial charge in [-0.15, -0.1) is 0 Å². The Hall–Kier alpha value is -2.54. The van der Waals surface area contributed by atoms with E-state index < -0.39 is 24.2 Å². The monoisotopic (exact) mass is 391 g/mol. The summed E-state index contributed by atoms with van der Waals surface area (Å²) in [4.78, 5) is 35.3. The molecule has 2 aromatic carbocycles. The van der Waals surface area contributed by atoms with Gasteiger partial charge in [-0.05, 0) is 42.0 Å². The smallest absolute Gasteiger partial charge is 0.341 e. The number of nitrogens with one attached hydrogen (secondary N) is 1. The molecule has 1 heterocycles. The van der Waals surface area contributed by atoms with Gasteiger partial charge >= 0.3 is 5.97 Å². The zero-order valence-electron chi connectivity index (χ0n) is 12.3. The topological polar surface area (TPSA) is 72.5 Å². The summed E-state index contributed by atoms with van der Waals surface area (Å²) >= 11 is 3.14. The minimum absolute atomic E-state index is 0.133. The summed E-state index contributed by atoms with van der Waals surface area (Å²) in [6.45, 7) is -0.509. The molecule has 1 N–H and O–H groups in total. The largest absolute Gasteiger partial charge is 0.454 e. The molecule has 3 rings (SSSR count). The van der Waals surface area contributed by atoms with Gasteiger partial charge in [-0.2, -0.15) is 0 Å². The number of amides is 1. The van der Waals surface area contributed by atoms with E-state index in [-0.39, 0.29) is 17.9 Å². The molecule has 0 saturated heterocycles. The Morgan fingerprint density at radius 3 is 2.79 bits per heavy atom. The van der Waals surface area contributed by atoms with Gasteiger partial charge in [-0.25, -0.2) is 9.18 Å². The van der Waals surface area contributed by atoms with Crippen LogP contribution in [0.3, 0.4) is 0 Å². The summed E-state index contributed by atoms with van der Waals surface area (Å²) in [6, 6.07) is 8.63. The molecule has 0 saturated carbocycles. The third-order valence-corrected chi connectivity index (χ3v) is 4.03. The zero-order chi connectivity index (χ0) is 17.3. The van der Waals surface area contributed by atoms with Gasteiger partial charge in [-0.1, -0.05) is 15.9 Å². The minimum atomic E-state index is -0.917. The number of hydrogen-bond donors (Lipinski definition) is 1. The number of rotatable bonds is 4. The molecule has 2 aromatic rings. The van der Waals surface area contributed by atoms with E-state index in [0.717, 1.165) is 11.6 Å². The first-order valence-corrected chi connectivity index (χ1v) is 7.81. The van der Waals surface area contributed by atoms with Crippen molar-refractivity contribution in [3.63, 3.8) is 0 Å². The Morgan fingerprint density at radius 1 is 1.21 bits per heavy atom. The van der Waals surface area contributed by atoms with Crippen LogP contribution in [0.15, 0.2) is 40.9 Å². The zero-order valence-corrected chi connectivity index (χ0v) is 13.9. The van der Waals surface area contributed by atoms with E-state index in [0.29, 0.717) is 15.7 Å². The van der Waals surface area contributed by atoms with Gasteiger partial charge < -0.3 is 10.1 Å². The molecule has 122 valence electrons. The number of halogens is 2. The molecule has 0 spiro atoms.